The number of nitroso groups, excluding NO2 is 1. The van der Waals surface area contributed by atoms with Crippen molar-refractivity contribution in [3.05, 3.63) is 22.9 Å². The Morgan fingerprint density at radius 2 is 1.97 bits per heavy atom. The molecule has 1 aliphatic rings. The van der Waals surface area contributed by atoms with Gasteiger partial charge >= 0.3 is 6.09 Å². The summed E-state index contributed by atoms with van der Waals surface area (Å²) in [6, 6.07) is 0.684. The summed E-state index contributed by atoms with van der Waals surface area (Å²) in [7, 11) is -1.87. The van der Waals surface area contributed by atoms with Gasteiger partial charge in [0.25, 0.3) is 0 Å². The Kier molecular flexibility index (Phi) is 8.21. The largest absolute Gasteiger partial charge is 0.444 e. The van der Waals surface area contributed by atoms with Gasteiger partial charge in [-0.25, -0.2) is 4.79 Å². The number of piperidine rings is 1. The van der Waals surface area contributed by atoms with E-state index in [0.29, 0.717) is 12.2 Å². The summed E-state index contributed by atoms with van der Waals surface area (Å²) in [5.41, 5.74) is 1.37. The number of ether oxygens (including phenoxy) is 1. The van der Waals surface area contributed by atoms with Crippen molar-refractivity contribution in [1.29, 1.82) is 0 Å². The average molecular weight is 451 g/mol. The monoisotopic (exact) mass is 450 g/mol. The molecule has 1 aromatic heterocycles. The van der Waals surface area contributed by atoms with Crippen molar-refractivity contribution in [1.82, 2.24) is 10.3 Å². The van der Waals surface area contributed by atoms with Crippen LogP contribution < -0.4 is 10.2 Å². The molecule has 0 aliphatic carbocycles. The molecular formula is C22H38N4O4Si. The highest BCUT2D eigenvalue weighted by Gasteiger charge is 2.33. The second kappa shape index (κ2) is 10.1. The number of nitrogens with one attached hydrogen (secondary N) is 1. The summed E-state index contributed by atoms with van der Waals surface area (Å²) in [5, 5.41) is 6.13. The quantitative estimate of drug-likeness (QED) is 0.491. The highest BCUT2D eigenvalue weighted by molar-refractivity contribution is 6.53. The van der Waals surface area contributed by atoms with E-state index in [1.165, 1.54) is 6.20 Å². The molecule has 1 fully saturated rings. The minimum Gasteiger partial charge on any atom is -0.444 e. The van der Waals surface area contributed by atoms with Gasteiger partial charge in [0, 0.05) is 19.3 Å². The third-order valence-corrected chi connectivity index (χ3v) is 8.48. The van der Waals surface area contributed by atoms with Crippen LogP contribution in [-0.2, 0) is 4.74 Å². The van der Waals surface area contributed by atoms with Crippen molar-refractivity contribution in [2.45, 2.75) is 84.0 Å². The van der Waals surface area contributed by atoms with Gasteiger partial charge in [0.1, 0.15) is 11.3 Å². The number of hydrogen-bond donors (Lipinski definition) is 2. The number of rotatable bonds is 6. The molecule has 0 radical (unpaired) electrons. The minimum absolute atomic E-state index is 0.0428. The summed E-state index contributed by atoms with van der Waals surface area (Å²) >= 11 is 0. The molecule has 0 spiro atoms. The number of hydrogen-bond acceptors (Lipinski definition) is 7. The SMILES string of the molecule is Cc1cncc(N=O)c1N1C[C@H](CC[SiH](O)C(C)(C)C)C[C@H](NC(=O)OC(C)(C)C)C1. The van der Waals surface area contributed by atoms with Crippen LogP contribution in [0.5, 0.6) is 0 Å². The van der Waals surface area contributed by atoms with Gasteiger partial charge in [-0.05, 0) is 68.3 Å². The molecule has 8 nitrogen and oxygen atoms in total. The fourth-order valence-electron chi connectivity index (χ4n) is 4.02. The molecule has 2 heterocycles. The van der Waals surface area contributed by atoms with Crippen LogP contribution in [-0.4, -0.2) is 49.6 Å². The number of amides is 1. The molecule has 1 saturated heterocycles. The van der Waals surface area contributed by atoms with Crippen molar-refractivity contribution in [3.8, 4) is 0 Å². The predicted octanol–water partition coefficient (Wildman–Crippen LogP) is 4.41. The maximum Gasteiger partial charge on any atom is 0.407 e. The fourth-order valence-corrected chi connectivity index (χ4v) is 5.68. The van der Waals surface area contributed by atoms with E-state index >= 15 is 0 Å². The zero-order valence-corrected chi connectivity index (χ0v) is 21.1. The third kappa shape index (κ3) is 7.57. The van der Waals surface area contributed by atoms with Crippen molar-refractivity contribution < 1.29 is 14.3 Å². The van der Waals surface area contributed by atoms with Gasteiger partial charge in [-0.3, -0.25) is 4.98 Å². The molecule has 1 aromatic rings. The molecule has 9 heteroatoms. The second-order valence-corrected chi connectivity index (χ2v) is 14.1. The smallest absolute Gasteiger partial charge is 0.407 e. The van der Waals surface area contributed by atoms with Crippen LogP contribution in [0.1, 0.15) is 59.9 Å². The number of alkyl carbamates (subject to hydrolysis) is 1. The highest BCUT2D eigenvalue weighted by atomic mass is 28.3. The molecule has 174 valence electrons. The standard InChI is InChI=1S/C22H38N4O4Si/c1-15-11-23-12-18(25-28)19(15)26-13-16(8-9-31(29)22(5,6)7)10-17(14-26)24-20(27)30-21(2,3)4/h11-12,16-17,29,31H,8-10,13-14H2,1-7H3,(H,24,27)/t16-,17+,31?/m1/s1. The van der Waals surface area contributed by atoms with Gasteiger partial charge in [-0.15, -0.1) is 4.91 Å². The number of aryl methyl sites for hydroxylation is 1. The zero-order valence-electron chi connectivity index (χ0n) is 19.9. The number of carbonyl (C=O) groups excluding carboxylic acids is 1. The van der Waals surface area contributed by atoms with E-state index in [-0.39, 0.29) is 17.0 Å². The first-order valence-corrected chi connectivity index (χ1v) is 12.9. The van der Waals surface area contributed by atoms with Gasteiger partial charge < -0.3 is 19.7 Å². The summed E-state index contributed by atoms with van der Waals surface area (Å²) in [4.78, 5) is 40.7. The van der Waals surface area contributed by atoms with E-state index in [1.807, 2.05) is 27.7 Å². The molecule has 2 rings (SSSR count). The Morgan fingerprint density at radius 3 is 2.55 bits per heavy atom. The summed E-state index contributed by atoms with van der Waals surface area (Å²) in [5.74, 6) is 0.269. The Hall–Kier alpha value is -2.00. The predicted molar refractivity (Wildman–Crippen MR) is 126 cm³/mol. The van der Waals surface area contributed by atoms with Crippen LogP contribution in [0.4, 0.5) is 16.2 Å². The van der Waals surface area contributed by atoms with E-state index in [4.69, 9.17) is 4.74 Å². The summed E-state index contributed by atoms with van der Waals surface area (Å²) in [6.45, 7) is 15.0. The molecule has 1 unspecified atom stereocenters. The molecule has 1 amide bonds. The van der Waals surface area contributed by atoms with Crippen molar-refractivity contribution >= 4 is 26.5 Å². The third-order valence-electron chi connectivity index (χ3n) is 5.60. The number of anilines is 1. The van der Waals surface area contributed by atoms with Crippen LogP contribution in [0.25, 0.3) is 0 Å². The van der Waals surface area contributed by atoms with Gasteiger partial charge in [-0.1, -0.05) is 20.8 Å². The van der Waals surface area contributed by atoms with Crippen LogP contribution in [0.15, 0.2) is 17.6 Å². The molecule has 31 heavy (non-hydrogen) atoms. The van der Waals surface area contributed by atoms with E-state index in [2.05, 4.69) is 41.1 Å². The lowest BCUT2D eigenvalue weighted by Gasteiger charge is -2.40. The molecular weight excluding hydrogens is 412 g/mol. The minimum atomic E-state index is -1.87. The Labute approximate surface area is 187 Å². The number of pyridine rings is 1. The van der Waals surface area contributed by atoms with Crippen LogP contribution in [0.2, 0.25) is 11.1 Å². The molecule has 2 N–H and O–H groups in total. The van der Waals surface area contributed by atoms with Crippen molar-refractivity contribution in [2.24, 2.45) is 11.1 Å². The van der Waals surface area contributed by atoms with Crippen molar-refractivity contribution in [3.63, 3.8) is 0 Å². The van der Waals surface area contributed by atoms with Gasteiger partial charge in [-0.2, -0.15) is 0 Å². The zero-order chi connectivity index (χ0) is 23.4. The lowest BCUT2D eigenvalue weighted by Crippen LogP contribution is -2.52. The number of carbonyl (C=O) groups is 1. The summed E-state index contributed by atoms with van der Waals surface area (Å²) < 4.78 is 5.45. The van der Waals surface area contributed by atoms with Crippen LogP contribution in [0.3, 0.4) is 0 Å². The molecule has 1 aliphatic heterocycles. The topological polar surface area (TPSA) is 104 Å². The van der Waals surface area contributed by atoms with Crippen LogP contribution >= 0.6 is 0 Å². The Morgan fingerprint density at radius 1 is 1.29 bits per heavy atom. The van der Waals surface area contributed by atoms with Gasteiger partial charge in [0.15, 0.2) is 9.04 Å². The summed E-state index contributed by atoms with van der Waals surface area (Å²) in [6.07, 6.45) is 4.44. The maximum atomic E-state index is 12.4. The molecule has 3 atom stereocenters. The lowest BCUT2D eigenvalue weighted by molar-refractivity contribution is 0.0493. The molecule has 0 aromatic carbocycles. The first-order valence-electron chi connectivity index (χ1n) is 11.0. The average Bonchev–Trinajstić information content (AvgIpc) is 2.63. The highest BCUT2D eigenvalue weighted by Crippen LogP contribution is 2.36. The van der Waals surface area contributed by atoms with E-state index < -0.39 is 20.7 Å². The van der Waals surface area contributed by atoms with Gasteiger partial charge in [0.05, 0.1) is 17.9 Å². The fraction of sp³-hybridized carbons (Fsp3) is 0.727. The number of aromatic nitrogens is 1. The first kappa shape index (κ1) is 25.3. The molecule has 0 bridgehead atoms. The normalized spacial score (nSPS) is 20.8. The Balaban J connectivity index is 2.21. The molecule has 0 saturated carbocycles. The lowest BCUT2D eigenvalue weighted by atomic mass is 9.91. The first-order chi connectivity index (χ1) is 14.3. The number of nitrogens with zero attached hydrogens (tertiary/aromatic N) is 3. The van der Waals surface area contributed by atoms with E-state index in [9.17, 15) is 14.5 Å². The van der Waals surface area contributed by atoms with E-state index in [1.54, 1.807) is 6.20 Å². The second-order valence-electron chi connectivity index (χ2n) is 10.7. The van der Waals surface area contributed by atoms with Crippen LogP contribution in [0, 0.1) is 17.7 Å². The van der Waals surface area contributed by atoms with Gasteiger partial charge in [0.2, 0.25) is 0 Å². The van der Waals surface area contributed by atoms with Crippen molar-refractivity contribution in [2.75, 3.05) is 18.0 Å². The maximum absolute atomic E-state index is 12.4. The van der Waals surface area contributed by atoms with E-state index in [0.717, 1.165) is 36.7 Å². The Bertz CT molecular complexity index is 776.